The van der Waals surface area contributed by atoms with Gasteiger partial charge < -0.3 is 10.6 Å². The van der Waals surface area contributed by atoms with E-state index >= 15 is 0 Å². The van der Waals surface area contributed by atoms with Gasteiger partial charge in [-0.1, -0.05) is 19.8 Å². The van der Waals surface area contributed by atoms with Crippen molar-refractivity contribution in [3.8, 4) is 0 Å². The Morgan fingerprint density at radius 1 is 1.25 bits per heavy atom. The maximum Gasteiger partial charge on any atom is 0.133 e. The lowest BCUT2D eigenvalue weighted by atomic mass is 10.1. The molecule has 0 spiro atoms. The Hall–Kier alpha value is -0.970. The fourth-order valence-electron chi connectivity index (χ4n) is 2.78. The second-order valence-electron chi connectivity index (χ2n) is 5.50. The van der Waals surface area contributed by atoms with E-state index in [9.17, 15) is 0 Å². The molecule has 1 fully saturated rings. The molecule has 1 heterocycles. The van der Waals surface area contributed by atoms with Gasteiger partial charge >= 0.3 is 0 Å². The van der Waals surface area contributed by atoms with Gasteiger partial charge in [-0.25, -0.2) is 9.97 Å². The minimum atomic E-state index is 0.398. The summed E-state index contributed by atoms with van der Waals surface area (Å²) in [5.41, 5.74) is 0. The monoisotopic (exact) mass is 294 g/mol. The van der Waals surface area contributed by atoms with E-state index in [1.54, 1.807) is 0 Å². The zero-order valence-corrected chi connectivity index (χ0v) is 13.6. The van der Waals surface area contributed by atoms with E-state index in [0.717, 1.165) is 36.8 Å². The van der Waals surface area contributed by atoms with Gasteiger partial charge in [-0.2, -0.15) is 11.8 Å². The van der Waals surface area contributed by atoms with Crippen LogP contribution in [-0.2, 0) is 6.42 Å². The highest BCUT2D eigenvalue weighted by Crippen LogP contribution is 2.40. The van der Waals surface area contributed by atoms with Crippen LogP contribution < -0.4 is 10.6 Å². The summed E-state index contributed by atoms with van der Waals surface area (Å²) in [6.45, 7) is 3.16. The molecule has 5 heteroatoms. The molecule has 112 valence electrons. The molecule has 0 radical (unpaired) electrons. The maximum atomic E-state index is 4.63. The Balaban J connectivity index is 2.06. The highest BCUT2D eigenvalue weighted by molar-refractivity contribution is 8.00. The molecule has 0 aliphatic heterocycles. The standard InChI is InChI=1S/C15H26N4S/c1-4-7-12-18-13(16-2)10-14(19-12)17-11-15(20-3)8-5-6-9-15/h10H,4-9,11H2,1-3H3,(H2,16,17,18,19). The van der Waals surface area contributed by atoms with Gasteiger partial charge in [0, 0.05) is 30.8 Å². The first-order valence-corrected chi connectivity index (χ1v) is 8.78. The quantitative estimate of drug-likeness (QED) is 0.805. The molecular formula is C15H26N4S. The Bertz CT molecular complexity index is 430. The van der Waals surface area contributed by atoms with E-state index in [4.69, 9.17) is 0 Å². The molecule has 0 unspecified atom stereocenters. The molecule has 1 aromatic rings. The molecule has 1 aromatic heterocycles. The smallest absolute Gasteiger partial charge is 0.133 e. The van der Waals surface area contributed by atoms with Crippen LogP contribution in [-0.4, -0.2) is 34.6 Å². The van der Waals surface area contributed by atoms with E-state index in [1.165, 1.54) is 25.7 Å². The van der Waals surface area contributed by atoms with Gasteiger partial charge in [0.15, 0.2) is 0 Å². The summed E-state index contributed by atoms with van der Waals surface area (Å²) in [5, 5.41) is 6.66. The second kappa shape index (κ2) is 7.16. The summed E-state index contributed by atoms with van der Waals surface area (Å²) in [6.07, 6.45) is 9.57. The average Bonchev–Trinajstić information content (AvgIpc) is 2.95. The third kappa shape index (κ3) is 3.78. The molecule has 2 rings (SSSR count). The first kappa shape index (κ1) is 15.4. The lowest BCUT2D eigenvalue weighted by Crippen LogP contribution is -2.30. The van der Waals surface area contributed by atoms with Crippen LogP contribution in [0.1, 0.15) is 44.9 Å². The molecule has 4 nitrogen and oxygen atoms in total. The zero-order chi connectivity index (χ0) is 14.4. The van der Waals surface area contributed by atoms with Crippen LogP contribution in [0.5, 0.6) is 0 Å². The van der Waals surface area contributed by atoms with Crippen molar-refractivity contribution in [1.82, 2.24) is 9.97 Å². The van der Waals surface area contributed by atoms with Crippen LogP contribution >= 0.6 is 11.8 Å². The summed E-state index contributed by atoms with van der Waals surface area (Å²) in [4.78, 5) is 9.12. The molecule has 0 aromatic carbocycles. The number of aryl methyl sites for hydroxylation is 1. The number of hydrogen-bond acceptors (Lipinski definition) is 5. The van der Waals surface area contributed by atoms with Crippen molar-refractivity contribution in [3.05, 3.63) is 11.9 Å². The van der Waals surface area contributed by atoms with Gasteiger partial charge in [0.05, 0.1) is 0 Å². The number of anilines is 2. The first-order chi connectivity index (χ1) is 9.71. The topological polar surface area (TPSA) is 49.8 Å². The highest BCUT2D eigenvalue weighted by Gasteiger charge is 2.32. The SMILES string of the molecule is CCCc1nc(NC)cc(NCC2(SC)CCCC2)n1. The van der Waals surface area contributed by atoms with Gasteiger partial charge in [-0.05, 0) is 25.5 Å². The molecule has 2 N–H and O–H groups in total. The molecule has 1 aliphatic carbocycles. The summed E-state index contributed by atoms with van der Waals surface area (Å²) in [7, 11) is 1.90. The van der Waals surface area contributed by atoms with Crippen LogP contribution in [0.2, 0.25) is 0 Å². The van der Waals surface area contributed by atoms with Gasteiger partial charge in [-0.3, -0.25) is 0 Å². The largest absolute Gasteiger partial charge is 0.373 e. The predicted octanol–water partition coefficient (Wildman–Crippen LogP) is 3.56. The Morgan fingerprint density at radius 2 is 1.95 bits per heavy atom. The molecule has 0 saturated heterocycles. The molecule has 0 bridgehead atoms. The lowest BCUT2D eigenvalue weighted by molar-refractivity contribution is 0.638. The van der Waals surface area contributed by atoms with Crippen molar-refractivity contribution in [2.45, 2.75) is 50.2 Å². The van der Waals surface area contributed by atoms with Crippen molar-refractivity contribution >= 4 is 23.4 Å². The second-order valence-corrected chi connectivity index (χ2v) is 6.78. The van der Waals surface area contributed by atoms with Crippen LogP contribution in [0.15, 0.2) is 6.07 Å². The Kier molecular flexibility index (Phi) is 5.52. The van der Waals surface area contributed by atoms with Crippen molar-refractivity contribution in [1.29, 1.82) is 0 Å². The predicted molar refractivity (Wildman–Crippen MR) is 88.8 cm³/mol. The van der Waals surface area contributed by atoms with Crippen LogP contribution in [0.3, 0.4) is 0 Å². The van der Waals surface area contributed by atoms with Gasteiger partial charge in [0.2, 0.25) is 0 Å². The number of thioether (sulfide) groups is 1. The summed E-state index contributed by atoms with van der Waals surface area (Å²) >= 11 is 2.00. The molecule has 1 saturated carbocycles. The van der Waals surface area contributed by atoms with Crippen molar-refractivity contribution in [2.24, 2.45) is 0 Å². The average molecular weight is 294 g/mol. The third-order valence-electron chi connectivity index (χ3n) is 4.04. The fourth-order valence-corrected chi connectivity index (χ4v) is 3.69. The number of nitrogens with one attached hydrogen (secondary N) is 2. The van der Waals surface area contributed by atoms with E-state index in [-0.39, 0.29) is 0 Å². The lowest BCUT2D eigenvalue weighted by Gasteiger charge is -2.27. The van der Waals surface area contributed by atoms with Crippen molar-refractivity contribution in [3.63, 3.8) is 0 Å². The number of nitrogens with zero attached hydrogens (tertiary/aromatic N) is 2. The summed E-state index contributed by atoms with van der Waals surface area (Å²) < 4.78 is 0.398. The third-order valence-corrected chi connectivity index (χ3v) is 5.46. The van der Waals surface area contributed by atoms with Crippen molar-refractivity contribution < 1.29 is 0 Å². The number of rotatable bonds is 7. The van der Waals surface area contributed by atoms with Crippen LogP contribution in [0.4, 0.5) is 11.6 Å². The minimum Gasteiger partial charge on any atom is -0.373 e. The van der Waals surface area contributed by atoms with Gasteiger partial charge in [0.1, 0.15) is 17.5 Å². The van der Waals surface area contributed by atoms with E-state index < -0.39 is 0 Å². The number of aromatic nitrogens is 2. The molecule has 0 atom stereocenters. The Labute approximate surface area is 126 Å². The molecule has 1 aliphatic rings. The number of hydrogen-bond donors (Lipinski definition) is 2. The van der Waals surface area contributed by atoms with Crippen LogP contribution in [0, 0.1) is 0 Å². The minimum absolute atomic E-state index is 0.398. The Morgan fingerprint density at radius 3 is 2.55 bits per heavy atom. The van der Waals surface area contributed by atoms with E-state index in [0.29, 0.717) is 4.75 Å². The van der Waals surface area contributed by atoms with Crippen LogP contribution in [0.25, 0.3) is 0 Å². The molecule has 0 amide bonds. The molecule has 20 heavy (non-hydrogen) atoms. The zero-order valence-electron chi connectivity index (χ0n) is 12.8. The summed E-state index contributed by atoms with van der Waals surface area (Å²) in [5.74, 6) is 2.77. The van der Waals surface area contributed by atoms with Gasteiger partial charge in [0.25, 0.3) is 0 Å². The highest BCUT2D eigenvalue weighted by atomic mass is 32.2. The maximum absolute atomic E-state index is 4.63. The van der Waals surface area contributed by atoms with Crippen molar-refractivity contribution in [2.75, 3.05) is 30.5 Å². The first-order valence-electron chi connectivity index (χ1n) is 7.56. The summed E-state index contributed by atoms with van der Waals surface area (Å²) in [6, 6.07) is 2.00. The van der Waals surface area contributed by atoms with E-state index in [2.05, 4.69) is 33.8 Å². The molecular weight excluding hydrogens is 268 g/mol. The normalized spacial score (nSPS) is 17.1. The van der Waals surface area contributed by atoms with Gasteiger partial charge in [-0.15, -0.1) is 0 Å². The van der Waals surface area contributed by atoms with E-state index in [1.807, 2.05) is 24.9 Å². The fraction of sp³-hybridized carbons (Fsp3) is 0.733.